The standard InChI is InChI=1S/C9H9F5N2O/c1-17-5-2-6(9(12,13)14)16-4(3-15)7(5)8(10)11/h2,8H,3,15H2,1H3. The highest BCUT2D eigenvalue weighted by molar-refractivity contribution is 5.40. The number of rotatable bonds is 3. The van der Waals surface area contributed by atoms with Crippen molar-refractivity contribution in [3.05, 3.63) is 23.0 Å². The van der Waals surface area contributed by atoms with E-state index in [1.807, 2.05) is 0 Å². The number of pyridine rings is 1. The molecular formula is C9H9F5N2O. The highest BCUT2D eigenvalue weighted by atomic mass is 19.4. The fraction of sp³-hybridized carbons (Fsp3) is 0.444. The van der Waals surface area contributed by atoms with Gasteiger partial charge in [0.05, 0.1) is 18.4 Å². The van der Waals surface area contributed by atoms with Crippen molar-refractivity contribution in [3.63, 3.8) is 0 Å². The van der Waals surface area contributed by atoms with E-state index < -0.39 is 41.8 Å². The summed E-state index contributed by atoms with van der Waals surface area (Å²) in [6.07, 6.45) is -7.74. The predicted molar refractivity (Wildman–Crippen MR) is 48.6 cm³/mol. The van der Waals surface area contributed by atoms with Crippen molar-refractivity contribution < 1.29 is 26.7 Å². The van der Waals surface area contributed by atoms with Gasteiger partial charge < -0.3 is 10.5 Å². The van der Waals surface area contributed by atoms with Crippen molar-refractivity contribution in [1.82, 2.24) is 4.98 Å². The van der Waals surface area contributed by atoms with Gasteiger partial charge in [-0.05, 0) is 0 Å². The number of halogens is 5. The quantitative estimate of drug-likeness (QED) is 0.845. The molecule has 0 spiro atoms. The molecule has 0 aliphatic rings. The average molecular weight is 256 g/mol. The van der Waals surface area contributed by atoms with Crippen LogP contribution in [0, 0.1) is 0 Å². The Kier molecular flexibility index (Phi) is 3.87. The maximum absolute atomic E-state index is 12.6. The molecule has 8 heteroatoms. The van der Waals surface area contributed by atoms with Crippen molar-refractivity contribution in [2.24, 2.45) is 5.73 Å². The molecule has 0 aromatic carbocycles. The Bertz CT molecular complexity index is 380. The number of ether oxygens (including phenoxy) is 1. The third kappa shape index (κ3) is 2.82. The average Bonchev–Trinajstić information content (AvgIpc) is 2.25. The highest BCUT2D eigenvalue weighted by Crippen LogP contribution is 2.36. The van der Waals surface area contributed by atoms with Crippen LogP contribution in [-0.2, 0) is 12.7 Å². The first-order valence-electron chi connectivity index (χ1n) is 4.44. The predicted octanol–water partition coefficient (Wildman–Crippen LogP) is 2.51. The van der Waals surface area contributed by atoms with Gasteiger partial charge in [0, 0.05) is 12.6 Å². The number of alkyl halides is 5. The molecule has 0 atom stereocenters. The number of methoxy groups -OCH3 is 1. The van der Waals surface area contributed by atoms with Crippen LogP contribution in [0.2, 0.25) is 0 Å². The molecule has 1 heterocycles. The Labute approximate surface area is 93.4 Å². The molecular weight excluding hydrogens is 247 g/mol. The molecule has 96 valence electrons. The normalized spacial score (nSPS) is 12.0. The van der Waals surface area contributed by atoms with E-state index in [1.54, 1.807) is 0 Å². The summed E-state index contributed by atoms with van der Waals surface area (Å²) in [5, 5.41) is 0. The molecule has 0 amide bonds. The van der Waals surface area contributed by atoms with E-state index in [9.17, 15) is 22.0 Å². The van der Waals surface area contributed by atoms with Crippen molar-refractivity contribution in [2.45, 2.75) is 19.1 Å². The molecule has 0 bridgehead atoms. The molecule has 0 saturated heterocycles. The van der Waals surface area contributed by atoms with E-state index in [1.165, 1.54) is 0 Å². The molecule has 1 aromatic rings. The summed E-state index contributed by atoms with van der Waals surface area (Å²) >= 11 is 0. The summed E-state index contributed by atoms with van der Waals surface area (Å²) < 4.78 is 67.0. The molecule has 0 fully saturated rings. The van der Waals surface area contributed by atoms with Crippen LogP contribution >= 0.6 is 0 Å². The lowest BCUT2D eigenvalue weighted by molar-refractivity contribution is -0.141. The van der Waals surface area contributed by atoms with Crippen molar-refractivity contribution in [3.8, 4) is 5.75 Å². The second-order valence-electron chi connectivity index (χ2n) is 3.07. The molecule has 17 heavy (non-hydrogen) atoms. The Morgan fingerprint density at radius 1 is 1.41 bits per heavy atom. The van der Waals surface area contributed by atoms with Crippen LogP contribution in [-0.4, -0.2) is 12.1 Å². The van der Waals surface area contributed by atoms with Gasteiger partial charge in [0.2, 0.25) is 0 Å². The zero-order valence-corrected chi connectivity index (χ0v) is 8.68. The second-order valence-corrected chi connectivity index (χ2v) is 3.07. The van der Waals surface area contributed by atoms with Gasteiger partial charge in [-0.3, -0.25) is 0 Å². The van der Waals surface area contributed by atoms with E-state index in [-0.39, 0.29) is 0 Å². The zero-order chi connectivity index (χ0) is 13.2. The minimum Gasteiger partial charge on any atom is -0.496 e. The van der Waals surface area contributed by atoms with Crippen molar-refractivity contribution in [2.75, 3.05) is 7.11 Å². The summed E-state index contributed by atoms with van der Waals surface area (Å²) in [6.45, 7) is -0.528. The topological polar surface area (TPSA) is 48.1 Å². The van der Waals surface area contributed by atoms with Gasteiger partial charge in [-0.2, -0.15) is 13.2 Å². The van der Waals surface area contributed by atoms with Crippen LogP contribution in [0.3, 0.4) is 0 Å². The summed E-state index contributed by atoms with van der Waals surface area (Å²) in [4.78, 5) is 3.08. The van der Waals surface area contributed by atoms with Crippen molar-refractivity contribution in [1.29, 1.82) is 0 Å². The van der Waals surface area contributed by atoms with Crippen molar-refractivity contribution >= 4 is 0 Å². The number of nitrogens with zero attached hydrogens (tertiary/aromatic N) is 1. The molecule has 1 aromatic heterocycles. The molecule has 0 radical (unpaired) electrons. The molecule has 0 aliphatic carbocycles. The van der Waals surface area contributed by atoms with E-state index in [0.717, 1.165) is 7.11 Å². The molecule has 2 N–H and O–H groups in total. The summed E-state index contributed by atoms with van der Waals surface area (Å²) in [5.41, 5.74) is 2.57. The second kappa shape index (κ2) is 4.82. The molecule has 0 unspecified atom stereocenters. The number of aromatic nitrogens is 1. The van der Waals surface area contributed by atoms with Crippen LogP contribution in [0.25, 0.3) is 0 Å². The minimum absolute atomic E-state index is 0.431. The molecule has 0 aliphatic heterocycles. The number of hydrogen-bond donors (Lipinski definition) is 1. The van der Waals surface area contributed by atoms with Gasteiger partial charge in [-0.15, -0.1) is 0 Å². The van der Waals surface area contributed by atoms with Gasteiger partial charge >= 0.3 is 6.18 Å². The van der Waals surface area contributed by atoms with Crippen LogP contribution in [0.15, 0.2) is 6.07 Å². The Morgan fingerprint density at radius 3 is 2.35 bits per heavy atom. The van der Waals surface area contributed by atoms with Gasteiger partial charge in [0.25, 0.3) is 6.43 Å². The van der Waals surface area contributed by atoms with Crippen LogP contribution in [0.1, 0.15) is 23.4 Å². The van der Waals surface area contributed by atoms with Crippen LogP contribution < -0.4 is 10.5 Å². The smallest absolute Gasteiger partial charge is 0.433 e. The van der Waals surface area contributed by atoms with Gasteiger partial charge in [-0.1, -0.05) is 0 Å². The summed E-state index contributed by atoms with van der Waals surface area (Å²) in [6, 6.07) is 0.431. The Balaban J connectivity index is 3.45. The SMILES string of the molecule is COc1cc(C(F)(F)F)nc(CN)c1C(F)F. The number of nitrogens with two attached hydrogens (primary N) is 1. The highest BCUT2D eigenvalue weighted by Gasteiger charge is 2.35. The first-order valence-corrected chi connectivity index (χ1v) is 4.44. The maximum atomic E-state index is 12.6. The van der Waals surface area contributed by atoms with Crippen LogP contribution in [0.5, 0.6) is 5.75 Å². The van der Waals surface area contributed by atoms with Gasteiger partial charge in [-0.25, -0.2) is 13.8 Å². The van der Waals surface area contributed by atoms with Crippen LogP contribution in [0.4, 0.5) is 22.0 Å². The Morgan fingerprint density at radius 2 is 2.00 bits per heavy atom. The summed E-state index contributed by atoms with van der Waals surface area (Å²) in [7, 11) is 1.00. The minimum atomic E-state index is -4.74. The Hall–Kier alpha value is -1.44. The maximum Gasteiger partial charge on any atom is 0.433 e. The van der Waals surface area contributed by atoms with Gasteiger partial charge in [0.1, 0.15) is 11.4 Å². The zero-order valence-electron chi connectivity index (χ0n) is 8.68. The first kappa shape index (κ1) is 13.6. The van der Waals surface area contributed by atoms with E-state index in [0.29, 0.717) is 6.07 Å². The van der Waals surface area contributed by atoms with Gasteiger partial charge in [0.15, 0.2) is 0 Å². The fourth-order valence-corrected chi connectivity index (χ4v) is 1.29. The molecule has 1 rings (SSSR count). The lowest BCUT2D eigenvalue weighted by Gasteiger charge is -2.15. The third-order valence-electron chi connectivity index (χ3n) is 2.02. The fourth-order valence-electron chi connectivity index (χ4n) is 1.29. The first-order chi connectivity index (χ1) is 7.81. The monoisotopic (exact) mass is 256 g/mol. The third-order valence-corrected chi connectivity index (χ3v) is 2.02. The van der Waals surface area contributed by atoms with E-state index >= 15 is 0 Å². The lowest BCUT2D eigenvalue weighted by atomic mass is 10.1. The lowest BCUT2D eigenvalue weighted by Crippen LogP contribution is -2.14. The number of hydrogen-bond acceptors (Lipinski definition) is 3. The molecule has 0 saturated carbocycles. The van der Waals surface area contributed by atoms with E-state index in [4.69, 9.17) is 5.73 Å². The summed E-state index contributed by atoms with van der Waals surface area (Å²) in [5.74, 6) is -0.567. The van der Waals surface area contributed by atoms with E-state index in [2.05, 4.69) is 9.72 Å². The molecule has 3 nitrogen and oxygen atoms in total. The largest absolute Gasteiger partial charge is 0.496 e.